The highest BCUT2D eigenvalue weighted by molar-refractivity contribution is 5.91. The fraction of sp³-hybridized carbons (Fsp3) is 0.727. The van der Waals surface area contributed by atoms with Crippen LogP contribution in [-0.2, 0) is 19.1 Å². The molecule has 0 aromatic rings. The zero-order valence-electron chi connectivity index (χ0n) is 10.3. The van der Waals surface area contributed by atoms with E-state index in [2.05, 4.69) is 4.74 Å². The van der Waals surface area contributed by atoms with Crippen LogP contribution in [0.15, 0.2) is 0 Å². The number of hydrogen-bond acceptors (Lipinski definition) is 6. The van der Waals surface area contributed by atoms with Crippen LogP contribution in [0.5, 0.6) is 0 Å². The number of rotatable bonds is 5. The van der Waals surface area contributed by atoms with Crippen molar-refractivity contribution in [2.45, 2.75) is 37.8 Å². The quantitative estimate of drug-likeness (QED) is 0.497. The van der Waals surface area contributed by atoms with Crippen LogP contribution in [0.25, 0.3) is 0 Å². The van der Waals surface area contributed by atoms with Crippen molar-refractivity contribution in [3.63, 3.8) is 0 Å². The van der Waals surface area contributed by atoms with E-state index in [1.807, 2.05) is 4.90 Å². The van der Waals surface area contributed by atoms with E-state index in [-0.39, 0.29) is 12.8 Å². The van der Waals surface area contributed by atoms with Gasteiger partial charge >= 0.3 is 17.9 Å². The standard InChI is InChI=1S/C11H18N2O5/c1-13-6-2-3-8(13)11(17)18-10(16)7(12)4-5-9(14)15/h7-8H,2-6,12H2,1H3,(H,14,15)/t7-,8-/m0/s1. The Morgan fingerprint density at radius 1 is 1.50 bits per heavy atom. The third kappa shape index (κ3) is 4.08. The summed E-state index contributed by atoms with van der Waals surface area (Å²) in [6.45, 7) is 0.791. The molecule has 0 amide bonds. The highest BCUT2D eigenvalue weighted by Crippen LogP contribution is 2.16. The number of carboxylic acids is 1. The second-order valence-electron chi connectivity index (χ2n) is 4.42. The minimum Gasteiger partial charge on any atom is -0.481 e. The maximum absolute atomic E-state index is 11.7. The maximum atomic E-state index is 11.7. The molecule has 0 saturated carbocycles. The van der Waals surface area contributed by atoms with E-state index in [4.69, 9.17) is 10.8 Å². The van der Waals surface area contributed by atoms with E-state index in [0.717, 1.165) is 13.0 Å². The molecular weight excluding hydrogens is 240 g/mol. The van der Waals surface area contributed by atoms with Crippen LogP contribution in [0.1, 0.15) is 25.7 Å². The van der Waals surface area contributed by atoms with E-state index in [1.54, 1.807) is 7.05 Å². The third-order valence-corrected chi connectivity index (χ3v) is 2.97. The molecule has 1 saturated heterocycles. The molecule has 102 valence electrons. The lowest BCUT2D eigenvalue weighted by molar-refractivity contribution is -0.163. The molecule has 0 radical (unpaired) electrons. The van der Waals surface area contributed by atoms with Crippen molar-refractivity contribution in [3.05, 3.63) is 0 Å². The topological polar surface area (TPSA) is 110 Å². The molecule has 0 aliphatic carbocycles. The van der Waals surface area contributed by atoms with Gasteiger partial charge < -0.3 is 15.6 Å². The average Bonchev–Trinajstić information content (AvgIpc) is 2.72. The highest BCUT2D eigenvalue weighted by Gasteiger charge is 2.31. The van der Waals surface area contributed by atoms with Gasteiger partial charge in [0, 0.05) is 6.42 Å². The van der Waals surface area contributed by atoms with Crippen molar-refractivity contribution in [2.24, 2.45) is 5.73 Å². The number of hydrogen-bond donors (Lipinski definition) is 2. The third-order valence-electron chi connectivity index (χ3n) is 2.97. The molecule has 1 aliphatic heterocycles. The Bertz CT molecular complexity index is 344. The molecule has 0 aromatic heterocycles. The van der Waals surface area contributed by atoms with Crippen molar-refractivity contribution in [1.82, 2.24) is 4.90 Å². The summed E-state index contributed by atoms with van der Waals surface area (Å²) in [5, 5.41) is 8.45. The number of carbonyl (C=O) groups excluding carboxylic acids is 2. The van der Waals surface area contributed by atoms with Gasteiger partial charge in [0.1, 0.15) is 12.1 Å². The van der Waals surface area contributed by atoms with Gasteiger partial charge in [0.2, 0.25) is 0 Å². The van der Waals surface area contributed by atoms with Crippen molar-refractivity contribution in [1.29, 1.82) is 0 Å². The van der Waals surface area contributed by atoms with Crippen LogP contribution in [-0.4, -0.2) is 53.6 Å². The first kappa shape index (κ1) is 14.6. The number of carboxylic acid groups (broad SMARTS) is 1. The Labute approximate surface area is 105 Å². The van der Waals surface area contributed by atoms with Crippen molar-refractivity contribution < 1.29 is 24.2 Å². The number of esters is 2. The number of likely N-dealkylation sites (N-methyl/N-ethyl adjacent to an activating group) is 1. The zero-order valence-corrected chi connectivity index (χ0v) is 10.3. The first-order chi connectivity index (χ1) is 8.41. The van der Waals surface area contributed by atoms with Gasteiger partial charge in [0.25, 0.3) is 0 Å². The van der Waals surface area contributed by atoms with Gasteiger partial charge in [0.05, 0.1) is 0 Å². The van der Waals surface area contributed by atoms with Gasteiger partial charge in [-0.3, -0.25) is 9.69 Å². The largest absolute Gasteiger partial charge is 0.481 e. The van der Waals surface area contributed by atoms with Crippen molar-refractivity contribution in [3.8, 4) is 0 Å². The summed E-state index contributed by atoms with van der Waals surface area (Å²) in [5.41, 5.74) is 5.44. The van der Waals surface area contributed by atoms with Gasteiger partial charge in [0.15, 0.2) is 0 Å². The summed E-state index contributed by atoms with van der Waals surface area (Å²) in [4.78, 5) is 35.2. The Kier molecular flexibility index (Phi) is 5.24. The summed E-state index contributed by atoms with van der Waals surface area (Å²) in [6, 6.07) is -1.47. The highest BCUT2D eigenvalue weighted by atomic mass is 16.6. The van der Waals surface area contributed by atoms with E-state index >= 15 is 0 Å². The lowest BCUT2D eigenvalue weighted by Gasteiger charge is -2.18. The molecule has 1 fully saturated rings. The van der Waals surface area contributed by atoms with Crippen LogP contribution in [0.2, 0.25) is 0 Å². The zero-order chi connectivity index (χ0) is 13.7. The molecule has 18 heavy (non-hydrogen) atoms. The summed E-state index contributed by atoms with van der Waals surface area (Å²) < 4.78 is 4.66. The molecule has 0 bridgehead atoms. The first-order valence-electron chi connectivity index (χ1n) is 5.85. The summed E-state index contributed by atoms with van der Waals surface area (Å²) in [5.74, 6) is -2.51. The SMILES string of the molecule is CN1CCC[C@H]1C(=O)OC(=O)[C@@H](N)CCC(=O)O. The Morgan fingerprint density at radius 2 is 2.17 bits per heavy atom. The van der Waals surface area contributed by atoms with Crippen LogP contribution in [0, 0.1) is 0 Å². The lowest BCUT2D eigenvalue weighted by atomic mass is 10.1. The number of likely N-dealkylation sites (tertiary alicyclic amines) is 1. The molecule has 0 unspecified atom stereocenters. The van der Waals surface area contributed by atoms with Crippen molar-refractivity contribution in [2.75, 3.05) is 13.6 Å². The fourth-order valence-corrected chi connectivity index (χ4v) is 1.85. The van der Waals surface area contributed by atoms with E-state index in [1.165, 1.54) is 0 Å². The van der Waals surface area contributed by atoms with Gasteiger partial charge in [-0.2, -0.15) is 0 Å². The fourth-order valence-electron chi connectivity index (χ4n) is 1.85. The molecule has 0 aromatic carbocycles. The van der Waals surface area contributed by atoms with Crippen LogP contribution >= 0.6 is 0 Å². The maximum Gasteiger partial charge on any atom is 0.331 e. The van der Waals surface area contributed by atoms with Gasteiger partial charge in [-0.1, -0.05) is 0 Å². The number of aliphatic carboxylic acids is 1. The summed E-state index contributed by atoms with van der Waals surface area (Å²) >= 11 is 0. The van der Waals surface area contributed by atoms with Crippen molar-refractivity contribution >= 4 is 17.9 Å². The number of ether oxygens (including phenoxy) is 1. The Morgan fingerprint density at radius 3 is 2.67 bits per heavy atom. The van der Waals surface area contributed by atoms with Gasteiger partial charge in [-0.05, 0) is 32.9 Å². The van der Waals surface area contributed by atoms with Crippen LogP contribution < -0.4 is 5.73 Å². The number of carbonyl (C=O) groups is 3. The van der Waals surface area contributed by atoms with E-state index in [9.17, 15) is 14.4 Å². The molecule has 7 heteroatoms. The summed E-state index contributed by atoms with van der Waals surface area (Å²) in [6.07, 6.45) is 1.28. The molecule has 1 rings (SSSR count). The Hall–Kier alpha value is -1.47. The van der Waals surface area contributed by atoms with E-state index in [0.29, 0.717) is 6.42 Å². The molecule has 7 nitrogen and oxygen atoms in total. The minimum absolute atomic E-state index is 0.0397. The second-order valence-corrected chi connectivity index (χ2v) is 4.42. The Balaban J connectivity index is 2.39. The molecule has 1 heterocycles. The number of nitrogens with zero attached hydrogens (tertiary/aromatic N) is 1. The molecule has 2 atom stereocenters. The average molecular weight is 258 g/mol. The first-order valence-corrected chi connectivity index (χ1v) is 5.85. The van der Waals surface area contributed by atoms with Crippen LogP contribution in [0.4, 0.5) is 0 Å². The number of nitrogens with two attached hydrogens (primary N) is 1. The molecular formula is C11H18N2O5. The second kappa shape index (κ2) is 6.46. The predicted molar refractivity (Wildman–Crippen MR) is 61.6 cm³/mol. The lowest BCUT2D eigenvalue weighted by Crippen LogP contribution is -2.40. The van der Waals surface area contributed by atoms with Gasteiger partial charge in [-0.15, -0.1) is 0 Å². The normalized spacial score (nSPS) is 21.6. The van der Waals surface area contributed by atoms with E-state index < -0.39 is 30.0 Å². The predicted octanol–water partition coefficient (Wildman–Crippen LogP) is -0.657. The summed E-state index contributed by atoms with van der Waals surface area (Å²) in [7, 11) is 1.79. The molecule has 0 spiro atoms. The molecule has 3 N–H and O–H groups in total. The van der Waals surface area contributed by atoms with Crippen LogP contribution in [0.3, 0.4) is 0 Å². The monoisotopic (exact) mass is 258 g/mol. The molecule has 1 aliphatic rings. The minimum atomic E-state index is -1.07. The smallest absolute Gasteiger partial charge is 0.331 e. The van der Waals surface area contributed by atoms with Gasteiger partial charge in [-0.25, -0.2) is 9.59 Å².